The highest BCUT2D eigenvalue weighted by Gasteiger charge is 2.16. The molecule has 0 bridgehead atoms. The summed E-state index contributed by atoms with van der Waals surface area (Å²) in [5.74, 6) is 0. The monoisotopic (exact) mass is 265 g/mol. The maximum Gasteiger partial charge on any atom is 0.431 e. The molecule has 0 saturated carbocycles. The third-order valence-corrected chi connectivity index (χ3v) is 2.61. The van der Waals surface area contributed by atoms with Crippen molar-refractivity contribution in [3.05, 3.63) is 34.4 Å². The third-order valence-electron chi connectivity index (χ3n) is 2.61. The summed E-state index contributed by atoms with van der Waals surface area (Å²) in [5.41, 5.74) is 6.39. The SMILES string of the molecule is Cc1cc(C)c(CONC(=O)OC(C)(C)C)c(C)c1. The summed E-state index contributed by atoms with van der Waals surface area (Å²) in [5, 5.41) is 0. The number of rotatable bonds is 3. The second-order valence-corrected chi connectivity index (χ2v) is 5.77. The Balaban J connectivity index is 2.52. The van der Waals surface area contributed by atoms with Gasteiger partial charge in [0.15, 0.2) is 0 Å². The maximum atomic E-state index is 11.4. The van der Waals surface area contributed by atoms with Crippen molar-refractivity contribution in [1.29, 1.82) is 0 Å². The molecule has 0 saturated heterocycles. The second-order valence-electron chi connectivity index (χ2n) is 5.77. The summed E-state index contributed by atoms with van der Waals surface area (Å²) in [4.78, 5) is 16.6. The van der Waals surface area contributed by atoms with Crippen molar-refractivity contribution in [1.82, 2.24) is 5.48 Å². The topological polar surface area (TPSA) is 47.6 Å². The molecule has 1 aromatic carbocycles. The van der Waals surface area contributed by atoms with Gasteiger partial charge in [-0.3, -0.25) is 4.84 Å². The van der Waals surface area contributed by atoms with E-state index in [0.717, 1.165) is 16.7 Å². The van der Waals surface area contributed by atoms with Gasteiger partial charge in [0.05, 0.1) is 0 Å². The van der Waals surface area contributed by atoms with E-state index in [1.54, 1.807) is 20.8 Å². The van der Waals surface area contributed by atoms with Crippen LogP contribution in [-0.4, -0.2) is 11.7 Å². The summed E-state index contributed by atoms with van der Waals surface area (Å²) < 4.78 is 5.08. The molecule has 0 spiro atoms. The van der Waals surface area contributed by atoms with E-state index in [-0.39, 0.29) is 0 Å². The number of ether oxygens (including phenoxy) is 1. The van der Waals surface area contributed by atoms with Gasteiger partial charge in [0.1, 0.15) is 12.2 Å². The van der Waals surface area contributed by atoms with E-state index >= 15 is 0 Å². The molecule has 4 heteroatoms. The molecule has 0 radical (unpaired) electrons. The van der Waals surface area contributed by atoms with E-state index < -0.39 is 11.7 Å². The van der Waals surface area contributed by atoms with Crippen LogP contribution < -0.4 is 5.48 Å². The van der Waals surface area contributed by atoms with E-state index in [1.165, 1.54) is 5.56 Å². The molecule has 0 aliphatic rings. The first-order chi connectivity index (χ1) is 8.69. The van der Waals surface area contributed by atoms with Gasteiger partial charge in [-0.2, -0.15) is 5.48 Å². The number of hydrogen-bond acceptors (Lipinski definition) is 3. The molecule has 0 aliphatic carbocycles. The minimum Gasteiger partial charge on any atom is -0.442 e. The van der Waals surface area contributed by atoms with Crippen LogP contribution in [0, 0.1) is 20.8 Å². The average Bonchev–Trinajstić information content (AvgIpc) is 2.19. The molecule has 4 nitrogen and oxygen atoms in total. The third kappa shape index (κ3) is 5.30. The molecular weight excluding hydrogens is 242 g/mol. The van der Waals surface area contributed by atoms with E-state index in [9.17, 15) is 4.79 Å². The van der Waals surface area contributed by atoms with Crippen molar-refractivity contribution in [2.24, 2.45) is 0 Å². The Morgan fingerprint density at radius 1 is 1.16 bits per heavy atom. The molecule has 1 N–H and O–H groups in total. The number of carbonyl (C=O) groups is 1. The predicted octanol–water partition coefficient (Wildman–Crippen LogP) is 3.57. The first-order valence-corrected chi connectivity index (χ1v) is 6.36. The van der Waals surface area contributed by atoms with Crippen molar-refractivity contribution in [3.8, 4) is 0 Å². The summed E-state index contributed by atoms with van der Waals surface area (Å²) in [6.07, 6.45) is -0.574. The molecular formula is C15H23NO3. The van der Waals surface area contributed by atoms with E-state index in [4.69, 9.17) is 9.57 Å². The van der Waals surface area contributed by atoms with Crippen molar-refractivity contribution in [2.75, 3.05) is 0 Å². The molecule has 1 amide bonds. The number of benzene rings is 1. The quantitative estimate of drug-likeness (QED) is 0.850. The minimum atomic E-state index is -0.574. The normalized spacial score (nSPS) is 11.3. The largest absolute Gasteiger partial charge is 0.442 e. The Labute approximate surface area is 115 Å². The molecule has 1 aromatic rings. The first kappa shape index (κ1) is 15.5. The van der Waals surface area contributed by atoms with Crippen molar-refractivity contribution >= 4 is 6.09 Å². The number of aryl methyl sites for hydroxylation is 3. The average molecular weight is 265 g/mol. The van der Waals surface area contributed by atoms with E-state index in [1.807, 2.05) is 13.8 Å². The van der Waals surface area contributed by atoms with Crippen molar-refractivity contribution < 1.29 is 14.4 Å². The summed E-state index contributed by atoms with van der Waals surface area (Å²) >= 11 is 0. The van der Waals surface area contributed by atoms with Crippen LogP contribution in [-0.2, 0) is 16.2 Å². The Morgan fingerprint density at radius 2 is 1.68 bits per heavy atom. The van der Waals surface area contributed by atoms with Crippen LogP contribution in [0.15, 0.2) is 12.1 Å². The lowest BCUT2D eigenvalue weighted by Crippen LogP contribution is -2.32. The number of amides is 1. The Kier molecular flexibility index (Phi) is 4.95. The smallest absolute Gasteiger partial charge is 0.431 e. The fourth-order valence-corrected chi connectivity index (χ4v) is 1.90. The zero-order chi connectivity index (χ0) is 14.6. The lowest BCUT2D eigenvalue weighted by atomic mass is 10.0. The minimum absolute atomic E-state index is 0.331. The van der Waals surface area contributed by atoms with Gasteiger partial charge < -0.3 is 4.74 Å². The van der Waals surface area contributed by atoms with Crippen molar-refractivity contribution in [3.63, 3.8) is 0 Å². The molecule has 0 aromatic heterocycles. The first-order valence-electron chi connectivity index (χ1n) is 6.36. The van der Waals surface area contributed by atoms with Crippen molar-refractivity contribution in [2.45, 2.75) is 53.8 Å². The van der Waals surface area contributed by atoms with Gasteiger partial charge in [0.25, 0.3) is 0 Å². The van der Waals surface area contributed by atoms with Crippen LogP contribution in [0.1, 0.15) is 43.0 Å². The zero-order valence-corrected chi connectivity index (χ0v) is 12.6. The fourth-order valence-electron chi connectivity index (χ4n) is 1.90. The molecule has 0 aliphatic heterocycles. The van der Waals surface area contributed by atoms with Gasteiger partial charge in [-0.1, -0.05) is 17.7 Å². The Morgan fingerprint density at radius 3 is 2.16 bits per heavy atom. The van der Waals surface area contributed by atoms with E-state index in [2.05, 4.69) is 24.5 Å². The number of hydrogen-bond donors (Lipinski definition) is 1. The van der Waals surface area contributed by atoms with Gasteiger partial charge in [0.2, 0.25) is 0 Å². The molecule has 1 rings (SSSR count). The van der Waals surface area contributed by atoms with Gasteiger partial charge in [-0.15, -0.1) is 0 Å². The van der Waals surface area contributed by atoms with Crippen LogP contribution in [0.2, 0.25) is 0 Å². The summed E-state index contributed by atoms with van der Waals surface area (Å²) in [7, 11) is 0. The van der Waals surface area contributed by atoms with Gasteiger partial charge in [-0.25, -0.2) is 4.79 Å². The van der Waals surface area contributed by atoms with Crippen LogP contribution in [0.25, 0.3) is 0 Å². The summed E-state index contributed by atoms with van der Waals surface area (Å²) in [6.45, 7) is 11.9. The zero-order valence-electron chi connectivity index (χ0n) is 12.6. The van der Waals surface area contributed by atoms with Crippen LogP contribution in [0.4, 0.5) is 4.79 Å². The van der Waals surface area contributed by atoms with Gasteiger partial charge in [-0.05, 0) is 58.2 Å². The van der Waals surface area contributed by atoms with Crippen LogP contribution in [0.5, 0.6) is 0 Å². The molecule has 0 fully saturated rings. The number of carbonyl (C=O) groups excluding carboxylic acids is 1. The molecule has 0 unspecified atom stereocenters. The lowest BCUT2D eigenvalue weighted by Gasteiger charge is -2.19. The van der Waals surface area contributed by atoms with E-state index in [0.29, 0.717) is 6.61 Å². The standard InChI is InChI=1S/C15H23NO3/c1-10-7-11(2)13(12(3)8-10)9-18-16-14(17)19-15(4,5)6/h7-8H,9H2,1-6H3,(H,16,17). The summed E-state index contributed by atoms with van der Waals surface area (Å²) in [6, 6.07) is 4.19. The molecule has 106 valence electrons. The second kappa shape index (κ2) is 6.06. The Hall–Kier alpha value is -1.55. The molecule has 19 heavy (non-hydrogen) atoms. The molecule has 0 atom stereocenters. The van der Waals surface area contributed by atoms with Gasteiger partial charge >= 0.3 is 6.09 Å². The van der Waals surface area contributed by atoms with Crippen LogP contribution >= 0.6 is 0 Å². The Bertz CT molecular complexity index is 438. The van der Waals surface area contributed by atoms with Crippen LogP contribution in [0.3, 0.4) is 0 Å². The predicted molar refractivity (Wildman–Crippen MR) is 74.8 cm³/mol. The maximum absolute atomic E-state index is 11.4. The number of hydroxylamine groups is 1. The van der Waals surface area contributed by atoms with Gasteiger partial charge in [0, 0.05) is 0 Å². The fraction of sp³-hybridized carbons (Fsp3) is 0.533. The highest BCUT2D eigenvalue weighted by molar-refractivity contribution is 5.66. The highest BCUT2D eigenvalue weighted by atomic mass is 16.7. The number of nitrogens with one attached hydrogen (secondary N) is 1. The highest BCUT2D eigenvalue weighted by Crippen LogP contribution is 2.17. The molecule has 0 heterocycles. The lowest BCUT2D eigenvalue weighted by molar-refractivity contribution is -0.0139.